The highest BCUT2D eigenvalue weighted by Crippen LogP contribution is 2.29. The van der Waals surface area contributed by atoms with Gasteiger partial charge in [-0.15, -0.1) is 0 Å². The topological polar surface area (TPSA) is 87.2 Å². The molecule has 2 atom stereocenters. The van der Waals surface area contributed by atoms with E-state index in [9.17, 15) is 19.5 Å². The van der Waals surface area contributed by atoms with Crippen LogP contribution in [0.3, 0.4) is 0 Å². The van der Waals surface area contributed by atoms with Gasteiger partial charge in [-0.05, 0) is 39.8 Å². The summed E-state index contributed by atoms with van der Waals surface area (Å²) in [6.07, 6.45) is -1.13. The van der Waals surface area contributed by atoms with Crippen molar-refractivity contribution in [2.24, 2.45) is 0 Å². The Kier molecular flexibility index (Phi) is 5.17. The highest BCUT2D eigenvalue weighted by atomic mass is 16.5. The fraction of sp³-hybridized carbons (Fsp3) is 0.500. The SMILES string of the molecule is COC[C@H]([C@H](C)N1C(=O)c2ccccc2C1=O)N(C(=O)O)C(C)(C)C. The lowest BCUT2D eigenvalue weighted by Gasteiger charge is -2.43. The number of carboxylic acid groups (broad SMARTS) is 1. The molecule has 136 valence electrons. The van der Waals surface area contributed by atoms with Gasteiger partial charge in [0, 0.05) is 12.6 Å². The average molecular weight is 348 g/mol. The van der Waals surface area contributed by atoms with Crippen molar-refractivity contribution in [3.63, 3.8) is 0 Å². The highest BCUT2D eigenvalue weighted by molar-refractivity contribution is 6.21. The maximum Gasteiger partial charge on any atom is 0.408 e. The van der Waals surface area contributed by atoms with Gasteiger partial charge >= 0.3 is 6.09 Å². The van der Waals surface area contributed by atoms with Gasteiger partial charge in [0.25, 0.3) is 11.8 Å². The van der Waals surface area contributed by atoms with Crippen LogP contribution in [0.25, 0.3) is 0 Å². The molecule has 1 aliphatic heterocycles. The first-order valence-corrected chi connectivity index (χ1v) is 8.09. The lowest BCUT2D eigenvalue weighted by molar-refractivity contribution is 0.000896. The molecule has 2 rings (SSSR count). The molecule has 7 nitrogen and oxygen atoms in total. The van der Waals surface area contributed by atoms with Crippen molar-refractivity contribution < 1.29 is 24.2 Å². The van der Waals surface area contributed by atoms with Crippen molar-refractivity contribution >= 4 is 17.9 Å². The Morgan fingerprint density at radius 1 is 1.20 bits per heavy atom. The number of carbonyl (C=O) groups excluding carboxylic acids is 2. The van der Waals surface area contributed by atoms with E-state index in [2.05, 4.69) is 0 Å². The van der Waals surface area contributed by atoms with Gasteiger partial charge in [0.05, 0.1) is 29.8 Å². The van der Waals surface area contributed by atoms with Crippen molar-refractivity contribution in [2.45, 2.75) is 45.3 Å². The summed E-state index contributed by atoms with van der Waals surface area (Å²) in [7, 11) is 1.46. The third kappa shape index (κ3) is 3.37. The summed E-state index contributed by atoms with van der Waals surface area (Å²) in [6.45, 7) is 7.03. The predicted octanol–water partition coefficient (Wildman–Crippen LogP) is 2.46. The third-order valence-corrected chi connectivity index (χ3v) is 4.39. The van der Waals surface area contributed by atoms with Crippen molar-refractivity contribution in [3.05, 3.63) is 35.4 Å². The number of hydrogen-bond acceptors (Lipinski definition) is 4. The molecule has 0 fully saturated rings. The Labute approximate surface area is 147 Å². The zero-order valence-corrected chi connectivity index (χ0v) is 15.1. The number of methoxy groups -OCH3 is 1. The lowest BCUT2D eigenvalue weighted by atomic mass is 9.99. The van der Waals surface area contributed by atoms with E-state index in [0.717, 1.165) is 4.90 Å². The first-order chi connectivity index (χ1) is 11.6. The molecule has 1 N–H and O–H groups in total. The van der Waals surface area contributed by atoms with Gasteiger partial charge in [0.15, 0.2) is 0 Å². The van der Waals surface area contributed by atoms with E-state index in [1.165, 1.54) is 12.0 Å². The molecule has 1 aromatic rings. The van der Waals surface area contributed by atoms with E-state index in [-0.39, 0.29) is 6.61 Å². The number of carbonyl (C=O) groups is 3. The van der Waals surface area contributed by atoms with Crippen LogP contribution in [0.1, 0.15) is 48.4 Å². The normalized spacial score (nSPS) is 16.6. The lowest BCUT2D eigenvalue weighted by Crippen LogP contribution is -2.61. The zero-order chi connectivity index (χ0) is 18.9. The van der Waals surface area contributed by atoms with Crippen LogP contribution in [0.15, 0.2) is 24.3 Å². The number of fused-ring (bicyclic) bond motifs is 1. The standard InChI is InChI=1S/C18H24N2O5/c1-11(14(10-25-5)20(17(23)24)18(2,3)4)19-15(21)12-8-6-7-9-13(12)16(19)22/h6-9,11,14H,10H2,1-5H3,(H,23,24)/t11-,14+/m0/s1. The molecule has 1 heterocycles. The van der Waals surface area contributed by atoms with Crippen molar-refractivity contribution in [1.82, 2.24) is 9.80 Å². The Balaban J connectivity index is 2.42. The van der Waals surface area contributed by atoms with Crippen LogP contribution >= 0.6 is 0 Å². The van der Waals surface area contributed by atoms with E-state index < -0.39 is 35.5 Å². The molecule has 1 aliphatic rings. The van der Waals surface area contributed by atoms with Crippen LogP contribution in [-0.4, -0.2) is 64.2 Å². The number of rotatable bonds is 5. The molecule has 0 saturated heterocycles. The van der Waals surface area contributed by atoms with Crippen LogP contribution < -0.4 is 0 Å². The first kappa shape index (κ1) is 18.9. The molecular weight excluding hydrogens is 324 g/mol. The molecule has 1 aromatic carbocycles. The third-order valence-electron chi connectivity index (χ3n) is 4.39. The maximum absolute atomic E-state index is 12.7. The van der Waals surface area contributed by atoms with Crippen LogP contribution in [-0.2, 0) is 4.74 Å². The number of benzene rings is 1. The minimum atomic E-state index is -1.13. The van der Waals surface area contributed by atoms with Gasteiger partial charge in [-0.3, -0.25) is 19.4 Å². The summed E-state index contributed by atoms with van der Waals surface area (Å²) in [5, 5.41) is 9.68. The second-order valence-electron chi connectivity index (χ2n) is 7.11. The molecule has 0 radical (unpaired) electrons. The molecule has 0 aromatic heterocycles. The van der Waals surface area contributed by atoms with Crippen molar-refractivity contribution in [2.75, 3.05) is 13.7 Å². The molecule has 3 amide bonds. The van der Waals surface area contributed by atoms with E-state index in [0.29, 0.717) is 11.1 Å². The molecule has 0 unspecified atom stereocenters. The number of amides is 3. The first-order valence-electron chi connectivity index (χ1n) is 8.09. The van der Waals surface area contributed by atoms with Gasteiger partial charge in [0.2, 0.25) is 0 Å². The summed E-state index contributed by atoms with van der Waals surface area (Å²) in [5.41, 5.74) is -0.0385. The fourth-order valence-electron chi connectivity index (χ4n) is 3.28. The van der Waals surface area contributed by atoms with Gasteiger partial charge in [-0.2, -0.15) is 0 Å². The number of nitrogens with zero attached hydrogens (tertiary/aromatic N) is 2. The largest absolute Gasteiger partial charge is 0.465 e. The Morgan fingerprint density at radius 3 is 2.04 bits per heavy atom. The second-order valence-corrected chi connectivity index (χ2v) is 7.11. The Bertz CT molecular complexity index is 660. The van der Waals surface area contributed by atoms with Crippen LogP contribution in [0, 0.1) is 0 Å². The van der Waals surface area contributed by atoms with E-state index in [4.69, 9.17) is 4.74 Å². The summed E-state index contributed by atoms with van der Waals surface area (Å²) < 4.78 is 5.20. The van der Waals surface area contributed by atoms with Crippen molar-refractivity contribution in [3.8, 4) is 0 Å². The number of hydrogen-bond donors (Lipinski definition) is 1. The van der Waals surface area contributed by atoms with Crippen LogP contribution in [0.4, 0.5) is 4.79 Å². The molecule has 7 heteroatoms. The molecular formula is C18H24N2O5. The minimum absolute atomic E-state index is 0.0676. The quantitative estimate of drug-likeness (QED) is 0.826. The van der Waals surface area contributed by atoms with Gasteiger partial charge in [-0.25, -0.2) is 4.79 Å². The zero-order valence-electron chi connectivity index (χ0n) is 15.1. The molecule has 0 saturated carbocycles. The number of imide groups is 1. The summed E-state index contributed by atoms with van der Waals surface area (Å²) in [4.78, 5) is 39.6. The van der Waals surface area contributed by atoms with Gasteiger partial charge in [-0.1, -0.05) is 12.1 Å². The Hall–Kier alpha value is -2.41. The molecule has 0 aliphatic carbocycles. The average Bonchev–Trinajstić information content (AvgIpc) is 2.76. The fourth-order valence-corrected chi connectivity index (χ4v) is 3.28. The summed E-state index contributed by atoms with van der Waals surface area (Å²) >= 11 is 0. The second kappa shape index (κ2) is 6.84. The predicted molar refractivity (Wildman–Crippen MR) is 91.7 cm³/mol. The van der Waals surface area contributed by atoms with Crippen molar-refractivity contribution in [1.29, 1.82) is 0 Å². The number of ether oxygens (including phenoxy) is 1. The monoisotopic (exact) mass is 348 g/mol. The van der Waals surface area contributed by atoms with Gasteiger partial charge in [0.1, 0.15) is 0 Å². The smallest absolute Gasteiger partial charge is 0.408 e. The minimum Gasteiger partial charge on any atom is -0.465 e. The van der Waals surface area contributed by atoms with Crippen LogP contribution in [0.2, 0.25) is 0 Å². The molecule has 0 bridgehead atoms. The highest BCUT2D eigenvalue weighted by Gasteiger charge is 2.45. The Morgan fingerprint density at radius 2 is 1.68 bits per heavy atom. The van der Waals surface area contributed by atoms with E-state index >= 15 is 0 Å². The summed E-state index contributed by atoms with van der Waals surface area (Å²) in [6, 6.07) is 5.23. The molecule has 25 heavy (non-hydrogen) atoms. The van der Waals surface area contributed by atoms with E-state index in [1.807, 2.05) is 0 Å². The maximum atomic E-state index is 12.7. The van der Waals surface area contributed by atoms with Crippen LogP contribution in [0.5, 0.6) is 0 Å². The molecule has 0 spiro atoms. The van der Waals surface area contributed by atoms with E-state index in [1.54, 1.807) is 52.0 Å². The van der Waals surface area contributed by atoms with Gasteiger partial charge < -0.3 is 9.84 Å². The summed E-state index contributed by atoms with van der Waals surface area (Å²) in [5.74, 6) is -0.818.